The first kappa shape index (κ1) is 19.1. The van der Waals surface area contributed by atoms with Gasteiger partial charge in [0, 0.05) is 6.04 Å². The molecular formula is C17H22ClF3N2O. The minimum atomic E-state index is -4.39. The Labute approximate surface area is 145 Å². The molecule has 1 amide bonds. The molecular weight excluding hydrogens is 341 g/mol. The molecule has 2 aliphatic rings. The standard InChI is InChI=1S/C17H21F3N2O.ClH/c1-11-10-16(11,15(23)22-14-5-7-21-8-6-14)12-3-2-4-13(9-12)17(18,19)20;/h2-4,9,11,14,21H,5-8,10H2,1H3,(H,22,23);1H. The Hall–Kier alpha value is -1.27. The lowest BCUT2D eigenvalue weighted by atomic mass is 9.90. The number of piperidine rings is 1. The third-order valence-corrected chi connectivity index (χ3v) is 5.09. The molecule has 0 aromatic heterocycles. The second-order valence-corrected chi connectivity index (χ2v) is 6.65. The number of hydrogen-bond acceptors (Lipinski definition) is 2. The first-order chi connectivity index (χ1) is 10.8. The van der Waals surface area contributed by atoms with E-state index in [0.717, 1.165) is 38.1 Å². The van der Waals surface area contributed by atoms with E-state index in [9.17, 15) is 18.0 Å². The van der Waals surface area contributed by atoms with Gasteiger partial charge in [0.15, 0.2) is 0 Å². The summed E-state index contributed by atoms with van der Waals surface area (Å²) in [6.07, 6.45) is -2.07. The van der Waals surface area contributed by atoms with Crippen LogP contribution in [0.2, 0.25) is 0 Å². The molecule has 3 nitrogen and oxygen atoms in total. The van der Waals surface area contributed by atoms with Crippen molar-refractivity contribution in [2.45, 2.75) is 43.8 Å². The largest absolute Gasteiger partial charge is 0.416 e. The summed E-state index contributed by atoms with van der Waals surface area (Å²) in [6.45, 7) is 3.64. The van der Waals surface area contributed by atoms with Gasteiger partial charge in [-0.3, -0.25) is 4.79 Å². The van der Waals surface area contributed by atoms with Crippen molar-refractivity contribution in [3.63, 3.8) is 0 Å². The molecule has 2 atom stereocenters. The van der Waals surface area contributed by atoms with E-state index in [0.29, 0.717) is 12.0 Å². The van der Waals surface area contributed by atoms with Crippen LogP contribution < -0.4 is 10.6 Å². The molecule has 0 bridgehead atoms. The van der Waals surface area contributed by atoms with Gasteiger partial charge in [-0.25, -0.2) is 0 Å². The lowest BCUT2D eigenvalue weighted by Gasteiger charge is -2.27. The quantitative estimate of drug-likeness (QED) is 0.866. The molecule has 1 saturated heterocycles. The number of rotatable bonds is 3. The van der Waals surface area contributed by atoms with Gasteiger partial charge in [0.2, 0.25) is 5.91 Å². The SMILES string of the molecule is CC1CC1(C(=O)NC1CCNCC1)c1cccc(C(F)(F)F)c1.Cl. The number of carbonyl (C=O) groups is 1. The average molecular weight is 363 g/mol. The summed E-state index contributed by atoms with van der Waals surface area (Å²) in [4.78, 5) is 12.8. The molecule has 1 aliphatic carbocycles. The molecule has 2 N–H and O–H groups in total. The van der Waals surface area contributed by atoms with Gasteiger partial charge in [-0.15, -0.1) is 12.4 Å². The highest BCUT2D eigenvalue weighted by molar-refractivity contribution is 5.92. The second-order valence-electron chi connectivity index (χ2n) is 6.65. The topological polar surface area (TPSA) is 41.1 Å². The van der Waals surface area contributed by atoms with Crippen molar-refractivity contribution < 1.29 is 18.0 Å². The maximum atomic E-state index is 12.9. The van der Waals surface area contributed by atoms with Gasteiger partial charge in [0.1, 0.15) is 0 Å². The molecule has 1 heterocycles. The van der Waals surface area contributed by atoms with E-state index in [4.69, 9.17) is 0 Å². The van der Waals surface area contributed by atoms with Crippen LogP contribution in [-0.4, -0.2) is 25.0 Å². The van der Waals surface area contributed by atoms with Gasteiger partial charge in [0.05, 0.1) is 11.0 Å². The average Bonchev–Trinajstić information content (AvgIpc) is 3.20. The highest BCUT2D eigenvalue weighted by Crippen LogP contribution is 2.54. The van der Waals surface area contributed by atoms with Crippen LogP contribution in [0.25, 0.3) is 0 Å². The van der Waals surface area contributed by atoms with Crippen molar-refractivity contribution in [1.82, 2.24) is 10.6 Å². The molecule has 0 radical (unpaired) electrons. The van der Waals surface area contributed by atoms with Gasteiger partial charge in [0.25, 0.3) is 0 Å². The molecule has 1 aliphatic heterocycles. The Kier molecular flexibility index (Phi) is 5.50. The number of hydrogen-bond donors (Lipinski definition) is 2. The Morgan fingerprint density at radius 2 is 1.92 bits per heavy atom. The zero-order valence-corrected chi connectivity index (χ0v) is 14.3. The summed E-state index contributed by atoms with van der Waals surface area (Å²) in [7, 11) is 0. The molecule has 1 aromatic rings. The van der Waals surface area contributed by atoms with Crippen LogP contribution in [0, 0.1) is 5.92 Å². The summed E-state index contributed by atoms with van der Waals surface area (Å²) in [5, 5.41) is 6.28. The lowest BCUT2D eigenvalue weighted by Crippen LogP contribution is -2.47. The van der Waals surface area contributed by atoms with E-state index in [1.807, 2.05) is 6.92 Å². The van der Waals surface area contributed by atoms with E-state index in [1.165, 1.54) is 6.07 Å². The summed E-state index contributed by atoms with van der Waals surface area (Å²) in [6, 6.07) is 5.32. The molecule has 24 heavy (non-hydrogen) atoms. The molecule has 7 heteroatoms. The molecule has 2 fully saturated rings. The fraction of sp³-hybridized carbons (Fsp3) is 0.588. The molecule has 1 aromatic carbocycles. The summed E-state index contributed by atoms with van der Waals surface area (Å²) < 4.78 is 38.8. The summed E-state index contributed by atoms with van der Waals surface area (Å²) in [5.41, 5.74) is -1.01. The van der Waals surface area contributed by atoms with Gasteiger partial charge in [-0.05, 0) is 49.9 Å². The highest BCUT2D eigenvalue weighted by atomic mass is 35.5. The van der Waals surface area contributed by atoms with Gasteiger partial charge in [-0.2, -0.15) is 13.2 Å². The Morgan fingerprint density at radius 1 is 1.29 bits per heavy atom. The van der Waals surface area contributed by atoms with Crippen LogP contribution in [0.5, 0.6) is 0 Å². The van der Waals surface area contributed by atoms with Crippen LogP contribution in [0.1, 0.15) is 37.3 Å². The molecule has 134 valence electrons. The summed E-state index contributed by atoms with van der Waals surface area (Å²) >= 11 is 0. The minimum Gasteiger partial charge on any atom is -0.352 e. The van der Waals surface area contributed by atoms with E-state index >= 15 is 0 Å². The van der Waals surface area contributed by atoms with E-state index in [1.54, 1.807) is 6.07 Å². The fourth-order valence-electron chi connectivity index (χ4n) is 3.53. The smallest absolute Gasteiger partial charge is 0.352 e. The maximum absolute atomic E-state index is 12.9. The lowest BCUT2D eigenvalue weighted by molar-refractivity contribution is -0.137. The van der Waals surface area contributed by atoms with Gasteiger partial charge >= 0.3 is 6.18 Å². The zero-order chi connectivity index (χ0) is 16.7. The van der Waals surface area contributed by atoms with Gasteiger partial charge in [-0.1, -0.05) is 25.1 Å². The second kappa shape index (κ2) is 6.92. The Balaban J connectivity index is 0.00000208. The van der Waals surface area contributed by atoms with Crippen molar-refractivity contribution >= 4 is 18.3 Å². The van der Waals surface area contributed by atoms with Crippen LogP contribution in [-0.2, 0) is 16.4 Å². The van der Waals surface area contributed by atoms with Crippen LogP contribution in [0.4, 0.5) is 13.2 Å². The maximum Gasteiger partial charge on any atom is 0.416 e. The van der Waals surface area contributed by atoms with E-state index < -0.39 is 17.2 Å². The van der Waals surface area contributed by atoms with E-state index in [-0.39, 0.29) is 30.3 Å². The zero-order valence-electron chi connectivity index (χ0n) is 13.5. The predicted molar refractivity (Wildman–Crippen MR) is 88.2 cm³/mol. The number of alkyl halides is 3. The van der Waals surface area contributed by atoms with Crippen molar-refractivity contribution in [2.75, 3.05) is 13.1 Å². The third-order valence-electron chi connectivity index (χ3n) is 5.09. The monoisotopic (exact) mass is 362 g/mol. The summed E-state index contributed by atoms with van der Waals surface area (Å²) in [5.74, 6) is -0.0658. The van der Waals surface area contributed by atoms with Crippen molar-refractivity contribution in [3.05, 3.63) is 35.4 Å². The Bertz CT molecular complexity index is 602. The van der Waals surface area contributed by atoms with Gasteiger partial charge < -0.3 is 10.6 Å². The van der Waals surface area contributed by atoms with Crippen LogP contribution in [0.3, 0.4) is 0 Å². The normalized spacial score (nSPS) is 27.2. The number of benzene rings is 1. The van der Waals surface area contributed by atoms with Crippen molar-refractivity contribution in [3.8, 4) is 0 Å². The molecule has 3 rings (SSSR count). The highest BCUT2D eigenvalue weighted by Gasteiger charge is 2.58. The molecule has 2 unspecified atom stereocenters. The first-order valence-electron chi connectivity index (χ1n) is 8.03. The Morgan fingerprint density at radius 3 is 2.46 bits per heavy atom. The number of amides is 1. The van der Waals surface area contributed by atoms with Crippen molar-refractivity contribution in [1.29, 1.82) is 0 Å². The molecule has 0 spiro atoms. The van der Waals surface area contributed by atoms with Crippen LogP contribution in [0.15, 0.2) is 24.3 Å². The van der Waals surface area contributed by atoms with Crippen molar-refractivity contribution in [2.24, 2.45) is 5.92 Å². The first-order valence-corrected chi connectivity index (χ1v) is 8.03. The number of carbonyl (C=O) groups excluding carboxylic acids is 1. The predicted octanol–water partition coefficient (Wildman–Crippen LogP) is 3.27. The number of halogens is 4. The minimum absolute atomic E-state index is 0. The molecule has 1 saturated carbocycles. The number of nitrogens with one attached hydrogen (secondary N) is 2. The third kappa shape index (κ3) is 3.54. The fourth-order valence-corrected chi connectivity index (χ4v) is 3.53. The van der Waals surface area contributed by atoms with E-state index in [2.05, 4.69) is 10.6 Å². The van der Waals surface area contributed by atoms with Crippen LogP contribution >= 0.6 is 12.4 Å².